The number of rotatable bonds is 5. The second-order valence-electron chi connectivity index (χ2n) is 5.23. The Hall–Kier alpha value is -1.85. The first kappa shape index (κ1) is 15.5. The molecule has 1 amide bonds. The molecule has 6 heteroatoms. The Kier molecular flexibility index (Phi) is 5.36. The SMILES string of the molecule is CCNc1cc(N2CCCCC2C(=O)NC)nc(CC)n1. The van der Waals surface area contributed by atoms with E-state index < -0.39 is 0 Å². The van der Waals surface area contributed by atoms with Gasteiger partial charge in [-0.1, -0.05) is 6.92 Å². The van der Waals surface area contributed by atoms with E-state index in [0.717, 1.165) is 56.2 Å². The second kappa shape index (κ2) is 7.24. The molecule has 2 rings (SSSR count). The summed E-state index contributed by atoms with van der Waals surface area (Å²) in [5.41, 5.74) is 0. The van der Waals surface area contributed by atoms with E-state index in [2.05, 4.69) is 25.5 Å². The highest BCUT2D eigenvalue weighted by Crippen LogP contribution is 2.25. The van der Waals surface area contributed by atoms with E-state index in [-0.39, 0.29) is 11.9 Å². The van der Waals surface area contributed by atoms with Gasteiger partial charge < -0.3 is 15.5 Å². The van der Waals surface area contributed by atoms with Gasteiger partial charge in [0.2, 0.25) is 5.91 Å². The van der Waals surface area contributed by atoms with Crippen molar-refractivity contribution in [2.75, 3.05) is 30.4 Å². The van der Waals surface area contributed by atoms with Gasteiger partial charge in [0.15, 0.2) is 0 Å². The highest BCUT2D eigenvalue weighted by Gasteiger charge is 2.29. The molecule has 0 bridgehead atoms. The molecule has 1 aliphatic heterocycles. The summed E-state index contributed by atoms with van der Waals surface area (Å²) in [6.45, 7) is 5.77. The van der Waals surface area contributed by atoms with E-state index in [4.69, 9.17) is 0 Å². The van der Waals surface area contributed by atoms with Gasteiger partial charge >= 0.3 is 0 Å². The predicted octanol–water partition coefficient (Wildman–Crippen LogP) is 1.58. The van der Waals surface area contributed by atoms with Crippen LogP contribution < -0.4 is 15.5 Å². The fourth-order valence-corrected chi connectivity index (χ4v) is 2.70. The maximum Gasteiger partial charge on any atom is 0.242 e. The Bertz CT molecular complexity index is 491. The van der Waals surface area contributed by atoms with E-state index in [9.17, 15) is 4.79 Å². The Balaban J connectivity index is 2.32. The van der Waals surface area contributed by atoms with Crippen molar-refractivity contribution < 1.29 is 4.79 Å². The molecule has 1 fully saturated rings. The van der Waals surface area contributed by atoms with Crippen LogP contribution in [0.25, 0.3) is 0 Å². The molecule has 0 radical (unpaired) electrons. The molecule has 116 valence electrons. The third kappa shape index (κ3) is 3.62. The Morgan fingerprint density at radius 3 is 2.86 bits per heavy atom. The fraction of sp³-hybridized carbons (Fsp3) is 0.667. The van der Waals surface area contributed by atoms with Gasteiger partial charge in [-0.3, -0.25) is 4.79 Å². The van der Waals surface area contributed by atoms with Gasteiger partial charge in [0.25, 0.3) is 0 Å². The summed E-state index contributed by atoms with van der Waals surface area (Å²) in [4.78, 5) is 23.3. The highest BCUT2D eigenvalue weighted by atomic mass is 16.2. The van der Waals surface area contributed by atoms with Crippen molar-refractivity contribution in [1.82, 2.24) is 15.3 Å². The lowest BCUT2D eigenvalue weighted by Gasteiger charge is -2.35. The predicted molar refractivity (Wildman–Crippen MR) is 84.6 cm³/mol. The molecular weight excluding hydrogens is 266 g/mol. The summed E-state index contributed by atoms with van der Waals surface area (Å²) >= 11 is 0. The molecule has 1 aliphatic rings. The van der Waals surface area contributed by atoms with Crippen LogP contribution in [0.1, 0.15) is 38.9 Å². The van der Waals surface area contributed by atoms with Crippen molar-refractivity contribution in [3.8, 4) is 0 Å². The number of hydrogen-bond donors (Lipinski definition) is 2. The lowest BCUT2D eigenvalue weighted by atomic mass is 10.0. The van der Waals surface area contributed by atoms with Crippen molar-refractivity contribution >= 4 is 17.5 Å². The zero-order valence-electron chi connectivity index (χ0n) is 13.1. The Morgan fingerprint density at radius 2 is 2.19 bits per heavy atom. The van der Waals surface area contributed by atoms with Crippen LogP contribution in [0.5, 0.6) is 0 Å². The number of carbonyl (C=O) groups excluding carboxylic acids is 1. The lowest BCUT2D eigenvalue weighted by Crippen LogP contribution is -2.49. The minimum atomic E-state index is -0.127. The Morgan fingerprint density at radius 1 is 1.38 bits per heavy atom. The minimum Gasteiger partial charge on any atom is -0.370 e. The van der Waals surface area contributed by atoms with Crippen LogP contribution in [0.3, 0.4) is 0 Å². The van der Waals surface area contributed by atoms with Gasteiger partial charge in [-0.05, 0) is 26.2 Å². The normalized spacial score (nSPS) is 18.4. The van der Waals surface area contributed by atoms with E-state index in [1.165, 1.54) is 0 Å². The third-order valence-electron chi connectivity index (χ3n) is 3.78. The summed E-state index contributed by atoms with van der Waals surface area (Å²) in [6, 6.07) is 1.82. The number of amides is 1. The molecule has 1 aromatic rings. The van der Waals surface area contributed by atoms with Crippen molar-refractivity contribution in [2.45, 2.75) is 45.6 Å². The van der Waals surface area contributed by atoms with Crippen LogP contribution in [-0.4, -0.2) is 42.1 Å². The van der Waals surface area contributed by atoms with Crippen LogP contribution in [0.15, 0.2) is 6.07 Å². The summed E-state index contributed by atoms with van der Waals surface area (Å²) < 4.78 is 0. The van der Waals surface area contributed by atoms with E-state index in [1.807, 2.05) is 19.9 Å². The van der Waals surface area contributed by atoms with E-state index in [0.29, 0.717) is 0 Å². The lowest BCUT2D eigenvalue weighted by molar-refractivity contribution is -0.122. The second-order valence-corrected chi connectivity index (χ2v) is 5.23. The number of aromatic nitrogens is 2. The average Bonchev–Trinajstić information content (AvgIpc) is 2.54. The fourth-order valence-electron chi connectivity index (χ4n) is 2.70. The number of nitrogens with zero attached hydrogens (tertiary/aromatic N) is 3. The molecule has 0 aliphatic carbocycles. The van der Waals surface area contributed by atoms with Gasteiger partial charge in [-0.15, -0.1) is 0 Å². The Labute approximate surface area is 126 Å². The molecule has 1 saturated heterocycles. The smallest absolute Gasteiger partial charge is 0.242 e. The largest absolute Gasteiger partial charge is 0.370 e. The number of anilines is 2. The van der Waals surface area contributed by atoms with Crippen molar-refractivity contribution in [2.24, 2.45) is 0 Å². The number of likely N-dealkylation sites (N-methyl/N-ethyl adjacent to an activating group) is 1. The summed E-state index contributed by atoms with van der Waals surface area (Å²) in [5.74, 6) is 2.56. The standard InChI is InChI=1S/C15H25N5O/c1-4-12-18-13(17-5-2)10-14(19-12)20-9-7-6-8-11(20)15(21)16-3/h10-11H,4-9H2,1-3H3,(H,16,21)(H,17,18,19). The van der Waals surface area contributed by atoms with Crippen LogP contribution >= 0.6 is 0 Å². The first-order valence-electron chi connectivity index (χ1n) is 7.79. The van der Waals surface area contributed by atoms with Crippen LogP contribution in [0, 0.1) is 0 Å². The summed E-state index contributed by atoms with van der Waals surface area (Å²) in [7, 11) is 1.69. The summed E-state index contributed by atoms with van der Waals surface area (Å²) in [5, 5.41) is 6.00. The molecule has 1 aromatic heterocycles. The quantitative estimate of drug-likeness (QED) is 0.862. The van der Waals surface area contributed by atoms with Crippen molar-refractivity contribution in [3.63, 3.8) is 0 Å². The molecule has 0 saturated carbocycles. The van der Waals surface area contributed by atoms with Gasteiger partial charge in [0, 0.05) is 32.6 Å². The van der Waals surface area contributed by atoms with Gasteiger partial charge in [0.1, 0.15) is 23.5 Å². The van der Waals surface area contributed by atoms with Crippen molar-refractivity contribution in [1.29, 1.82) is 0 Å². The number of hydrogen-bond acceptors (Lipinski definition) is 5. The first-order valence-corrected chi connectivity index (χ1v) is 7.79. The highest BCUT2D eigenvalue weighted by molar-refractivity contribution is 5.85. The number of piperidine rings is 1. The topological polar surface area (TPSA) is 70.2 Å². The maximum atomic E-state index is 12.1. The molecule has 0 aromatic carbocycles. The molecule has 2 N–H and O–H groups in total. The van der Waals surface area contributed by atoms with Crippen LogP contribution in [0.4, 0.5) is 11.6 Å². The van der Waals surface area contributed by atoms with Gasteiger partial charge in [0.05, 0.1) is 0 Å². The van der Waals surface area contributed by atoms with Gasteiger partial charge in [-0.2, -0.15) is 0 Å². The zero-order chi connectivity index (χ0) is 15.2. The van der Waals surface area contributed by atoms with E-state index in [1.54, 1.807) is 7.05 Å². The number of aryl methyl sites for hydroxylation is 1. The molecule has 6 nitrogen and oxygen atoms in total. The van der Waals surface area contributed by atoms with Crippen LogP contribution in [-0.2, 0) is 11.2 Å². The summed E-state index contributed by atoms with van der Waals surface area (Å²) in [6.07, 6.45) is 3.84. The number of nitrogens with one attached hydrogen (secondary N) is 2. The van der Waals surface area contributed by atoms with E-state index >= 15 is 0 Å². The molecule has 0 spiro atoms. The molecular formula is C15H25N5O. The monoisotopic (exact) mass is 291 g/mol. The van der Waals surface area contributed by atoms with Crippen LogP contribution in [0.2, 0.25) is 0 Å². The maximum absolute atomic E-state index is 12.1. The zero-order valence-corrected chi connectivity index (χ0v) is 13.1. The molecule has 2 heterocycles. The molecule has 1 unspecified atom stereocenters. The minimum absolute atomic E-state index is 0.0661. The first-order chi connectivity index (χ1) is 10.2. The van der Waals surface area contributed by atoms with Crippen molar-refractivity contribution in [3.05, 3.63) is 11.9 Å². The average molecular weight is 291 g/mol. The molecule has 21 heavy (non-hydrogen) atoms. The van der Waals surface area contributed by atoms with Gasteiger partial charge in [-0.25, -0.2) is 9.97 Å². The third-order valence-corrected chi connectivity index (χ3v) is 3.78. The molecule has 1 atom stereocenters. The number of carbonyl (C=O) groups is 1.